The molecule has 0 atom stereocenters. The predicted octanol–water partition coefficient (Wildman–Crippen LogP) is 5.52. The molecule has 0 saturated carbocycles. The molecule has 0 aliphatic heterocycles. The highest BCUT2D eigenvalue weighted by Gasteiger charge is 2.18. The van der Waals surface area contributed by atoms with Gasteiger partial charge in [-0.05, 0) is 47.4 Å². The van der Waals surface area contributed by atoms with Gasteiger partial charge in [0.1, 0.15) is 5.69 Å². The molecule has 5 aromatic rings. The Labute approximate surface area is 203 Å². The van der Waals surface area contributed by atoms with E-state index in [4.69, 9.17) is 0 Å². The second-order valence-electron chi connectivity index (χ2n) is 8.70. The SMILES string of the molecule is CC(C)c1c(C#N)cccc1C(=O)Nc1ccc2cnn(-c3cnn(Cc4ccccc4)c3)c2c1. The first-order chi connectivity index (χ1) is 17.0. The van der Waals surface area contributed by atoms with E-state index < -0.39 is 0 Å². The van der Waals surface area contributed by atoms with Crippen molar-refractivity contribution in [2.24, 2.45) is 0 Å². The highest BCUT2D eigenvalue weighted by molar-refractivity contribution is 6.06. The van der Waals surface area contributed by atoms with Crippen molar-refractivity contribution < 1.29 is 4.79 Å². The average Bonchev–Trinajstić information content (AvgIpc) is 3.50. The summed E-state index contributed by atoms with van der Waals surface area (Å²) in [6, 6.07) is 23.3. The summed E-state index contributed by atoms with van der Waals surface area (Å²) in [6.07, 6.45) is 5.53. The first kappa shape index (κ1) is 22.1. The molecule has 1 amide bonds. The summed E-state index contributed by atoms with van der Waals surface area (Å²) in [5, 5.41) is 22.5. The minimum Gasteiger partial charge on any atom is -0.322 e. The third-order valence-electron chi connectivity index (χ3n) is 5.93. The summed E-state index contributed by atoms with van der Waals surface area (Å²) in [7, 11) is 0. The summed E-state index contributed by atoms with van der Waals surface area (Å²) >= 11 is 0. The number of hydrogen-bond donors (Lipinski definition) is 1. The van der Waals surface area contributed by atoms with Gasteiger partial charge in [-0.2, -0.15) is 15.5 Å². The van der Waals surface area contributed by atoms with Crippen LogP contribution >= 0.6 is 0 Å². The Morgan fingerprint density at radius 3 is 2.63 bits per heavy atom. The molecule has 7 nitrogen and oxygen atoms in total. The van der Waals surface area contributed by atoms with Gasteiger partial charge in [-0.25, -0.2) is 4.68 Å². The molecule has 3 aromatic carbocycles. The highest BCUT2D eigenvalue weighted by atomic mass is 16.1. The zero-order valence-electron chi connectivity index (χ0n) is 19.5. The fraction of sp³-hybridized carbons (Fsp3) is 0.143. The molecule has 2 heterocycles. The first-order valence-corrected chi connectivity index (χ1v) is 11.4. The van der Waals surface area contributed by atoms with Gasteiger partial charge in [0.25, 0.3) is 5.91 Å². The second-order valence-corrected chi connectivity index (χ2v) is 8.70. The Morgan fingerprint density at radius 1 is 1.03 bits per heavy atom. The Morgan fingerprint density at radius 2 is 1.86 bits per heavy atom. The van der Waals surface area contributed by atoms with Gasteiger partial charge in [0.15, 0.2) is 0 Å². The molecule has 172 valence electrons. The van der Waals surface area contributed by atoms with Gasteiger partial charge in [0, 0.05) is 16.6 Å². The van der Waals surface area contributed by atoms with Crippen LogP contribution in [0.25, 0.3) is 16.6 Å². The molecule has 0 saturated heterocycles. The summed E-state index contributed by atoms with van der Waals surface area (Å²) in [5.41, 5.74) is 5.30. The van der Waals surface area contributed by atoms with Crippen molar-refractivity contribution >= 4 is 22.5 Å². The minimum atomic E-state index is -0.244. The molecule has 7 heteroatoms. The lowest BCUT2D eigenvalue weighted by Gasteiger charge is -2.14. The maximum Gasteiger partial charge on any atom is 0.255 e. The van der Waals surface area contributed by atoms with Gasteiger partial charge in [0.2, 0.25) is 0 Å². The Balaban J connectivity index is 1.43. The normalized spacial score (nSPS) is 11.0. The number of nitriles is 1. The van der Waals surface area contributed by atoms with Crippen LogP contribution in [0.4, 0.5) is 5.69 Å². The van der Waals surface area contributed by atoms with E-state index in [0.29, 0.717) is 23.4 Å². The Hall–Kier alpha value is -4.70. The molecular weight excluding hydrogens is 436 g/mol. The number of amides is 1. The molecular formula is C28H24N6O. The van der Waals surface area contributed by atoms with Gasteiger partial charge >= 0.3 is 0 Å². The number of fused-ring (bicyclic) bond motifs is 1. The minimum absolute atomic E-state index is 0.0444. The number of anilines is 1. The summed E-state index contributed by atoms with van der Waals surface area (Å²) in [4.78, 5) is 13.2. The molecule has 35 heavy (non-hydrogen) atoms. The monoisotopic (exact) mass is 460 g/mol. The summed E-state index contributed by atoms with van der Waals surface area (Å²) < 4.78 is 3.69. The maximum atomic E-state index is 13.2. The molecule has 1 N–H and O–H groups in total. The van der Waals surface area contributed by atoms with Crippen molar-refractivity contribution in [1.82, 2.24) is 19.6 Å². The van der Waals surface area contributed by atoms with Crippen LogP contribution in [0.15, 0.2) is 85.3 Å². The smallest absolute Gasteiger partial charge is 0.255 e. The fourth-order valence-electron chi connectivity index (χ4n) is 4.30. The lowest BCUT2D eigenvalue weighted by molar-refractivity contribution is 0.102. The van der Waals surface area contributed by atoms with Crippen LogP contribution in [-0.2, 0) is 6.54 Å². The average molecular weight is 461 g/mol. The van der Waals surface area contributed by atoms with E-state index >= 15 is 0 Å². The highest BCUT2D eigenvalue weighted by Crippen LogP contribution is 2.26. The molecule has 0 aliphatic rings. The Kier molecular flexibility index (Phi) is 5.86. The molecule has 0 aliphatic carbocycles. The van der Waals surface area contributed by atoms with Gasteiger partial charge in [-0.1, -0.05) is 50.2 Å². The number of benzene rings is 3. The Bertz CT molecular complexity index is 1560. The first-order valence-electron chi connectivity index (χ1n) is 11.4. The largest absolute Gasteiger partial charge is 0.322 e. The van der Waals surface area contributed by atoms with E-state index in [2.05, 4.69) is 33.7 Å². The number of carbonyl (C=O) groups excluding carboxylic acids is 1. The molecule has 5 rings (SSSR count). The lowest BCUT2D eigenvalue weighted by Crippen LogP contribution is -2.16. The predicted molar refractivity (Wildman–Crippen MR) is 136 cm³/mol. The number of carbonyl (C=O) groups is 1. The van der Waals surface area contributed by atoms with Gasteiger partial charge in [0.05, 0.1) is 42.3 Å². The topological polar surface area (TPSA) is 88.5 Å². The van der Waals surface area contributed by atoms with E-state index in [9.17, 15) is 10.1 Å². The third kappa shape index (κ3) is 4.42. The molecule has 2 aromatic heterocycles. The van der Waals surface area contributed by atoms with Crippen molar-refractivity contribution in [3.05, 3.63) is 108 Å². The van der Waals surface area contributed by atoms with Crippen molar-refractivity contribution in [2.45, 2.75) is 26.3 Å². The lowest BCUT2D eigenvalue weighted by atomic mass is 9.92. The van der Waals surface area contributed by atoms with Crippen LogP contribution in [0.1, 0.15) is 46.8 Å². The van der Waals surface area contributed by atoms with Crippen LogP contribution in [0.2, 0.25) is 0 Å². The van der Waals surface area contributed by atoms with Crippen LogP contribution in [-0.4, -0.2) is 25.5 Å². The van der Waals surface area contributed by atoms with Crippen LogP contribution in [0.3, 0.4) is 0 Å². The zero-order chi connectivity index (χ0) is 24.4. The van der Waals surface area contributed by atoms with Crippen LogP contribution in [0.5, 0.6) is 0 Å². The van der Waals surface area contributed by atoms with Crippen molar-refractivity contribution in [3.8, 4) is 11.8 Å². The van der Waals surface area contributed by atoms with E-state index in [1.165, 1.54) is 5.56 Å². The number of nitrogens with zero attached hydrogens (tertiary/aromatic N) is 5. The number of rotatable bonds is 6. The van der Waals surface area contributed by atoms with Crippen molar-refractivity contribution in [1.29, 1.82) is 5.26 Å². The van der Waals surface area contributed by atoms with Crippen molar-refractivity contribution in [2.75, 3.05) is 5.32 Å². The molecule has 0 unspecified atom stereocenters. The van der Waals surface area contributed by atoms with Gasteiger partial charge in [-0.15, -0.1) is 0 Å². The second kappa shape index (κ2) is 9.27. The molecule has 0 fully saturated rings. The maximum absolute atomic E-state index is 13.2. The van der Waals surface area contributed by atoms with E-state index in [1.807, 2.05) is 65.8 Å². The number of hydrogen-bond acceptors (Lipinski definition) is 4. The van der Waals surface area contributed by atoms with E-state index in [0.717, 1.165) is 22.2 Å². The number of aromatic nitrogens is 4. The summed E-state index contributed by atoms with van der Waals surface area (Å²) in [5.74, 6) is -0.199. The van der Waals surface area contributed by atoms with Crippen LogP contribution in [0, 0.1) is 11.3 Å². The van der Waals surface area contributed by atoms with Crippen molar-refractivity contribution in [3.63, 3.8) is 0 Å². The van der Waals surface area contributed by atoms with Gasteiger partial charge < -0.3 is 5.32 Å². The summed E-state index contributed by atoms with van der Waals surface area (Å²) in [6.45, 7) is 4.63. The molecule has 0 spiro atoms. The quantitative estimate of drug-likeness (QED) is 0.361. The fourth-order valence-corrected chi connectivity index (χ4v) is 4.30. The molecule has 0 radical (unpaired) electrons. The standard InChI is InChI=1S/C28H24N6O/c1-19(2)27-21(14-29)9-6-10-25(27)28(35)32-23-12-11-22-15-31-34(26(22)13-23)24-16-30-33(18-24)17-20-7-4-3-5-8-20/h3-13,15-16,18-19H,17H2,1-2H3,(H,32,35). The van der Waals surface area contributed by atoms with Crippen LogP contribution < -0.4 is 5.32 Å². The molecule has 0 bridgehead atoms. The van der Waals surface area contributed by atoms with E-state index in [-0.39, 0.29) is 11.8 Å². The zero-order valence-corrected chi connectivity index (χ0v) is 19.5. The van der Waals surface area contributed by atoms with E-state index in [1.54, 1.807) is 30.6 Å². The van der Waals surface area contributed by atoms with Gasteiger partial charge in [-0.3, -0.25) is 9.48 Å². The third-order valence-corrected chi connectivity index (χ3v) is 5.93. The number of nitrogens with one attached hydrogen (secondary N) is 1.